The number of anilines is 1. The highest BCUT2D eigenvalue weighted by molar-refractivity contribution is 5.29. The molecule has 0 saturated carbocycles. The van der Waals surface area contributed by atoms with Crippen molar-refractivity contribution in [3.05, 3.63) is 18.5 Å². The van der Waals surface area contributed by atoms with Gasteiger partial charge >= 0.3 is 0 Å². The molecule has 0 radical (unpaired) electrons. The molecule has 0 bridgehead atoms. The number of aliphatic hydroxyl groups is 1. The Morgan fingerprint density at radius 3 is 2.47 bits per heavy atom. The SMILES string of the molecule is OCC#CCN1CCN(c2ncccn2)CC1. The van der Waals surface area contributed by atoms with E-state index in [1.807, 2.05) is 6.07 Å². The molecule has 0 unspecified atom stereocenters. The van der Waals surface area contributed by atoms with Crippen molar-refractivity contribution >= 4 is 5.95 Å². The highest BCUT2D eigenvalue weighted by Gasteiger charge is 2.17. The first-order valence-corrected chi connectivity index (χ1v) is 5.71. The van der Waals surface area contributed by atoms with E-state index in [0.29, 0.717) is 0 Å². The lowest BCUT2D eigenvalue weighted by Crippen LogP contribution is -2.47. The van der Waals surface area contributed by atoms with Gasteiger partial charge in [-0.3, -0.25) is 4.90 Å². The predicted molar refractivity (Wildman–Crippen MR) is 65.5 cm³/mol. The molecule has 2 rings (SSSR count). The normalized spacial score (nSPS) is 16.4. The number of piperazine rings is 1. The molecule has 5 heteroatoms. The van der Waals surface area contributed by atoms with Crippen molar-refractivity contribution in [1.82, 2.24) is 14.9 Å². The summed E-state index contributed by atoms with van der Waals surface area (Å²) in [6.45, 7) is 4.42. The summed E-state index contributed by atoms with van der Waals surface area (Å²) in [5.74, 6) is 6.40. The van der Waals surface area contributed by atoms with Gasteiger partial charge in [0.2, 0.25) is 5.95 Å². The highest BCUT2D eigenvalue weighted by Crippen LogP contribution is 2.08. The summed E-state index contributed by atoms with van der Waals surface area (Å²) in [7, 11) is 0. The Labute approximate surface area is 101 Å². The highest BCUT2D eigenvalue weighted by atomic mass is 16.2. The zero-order chi connectivity index (χ0) is 11.9. The van der Waals surface area contributed by atoms with Crippen molar-refractivity contribution in [2.24, 2.45) is 0 Å². The largest absolute Gasteiger partial charge is 0.384 e. The first-order chi connectivity index (χ1) is 8.40. The molecule has 1 aromatic heterocycles. The van der Waals surface area contributed by atoms with Crippen LogP contribution in [0, 0.1) is 11.8 Å². The van der Waals surface area contributed by atoms with Crippen molar-refractivity contribution in [1.29, 1.82) is 0 Å². The first-order valence-electron chi connectivity index (χ1n) is 5.71. The van der Waals surface area contributed by atoms with Gasteiger partial charge in [-0.05, 0) is 6.07 Å². The molecule has 0 atom stereocenters. The van der Waals surface area contributed by atoms with Crippen LogP contribution in [0.1, 0.15) is 0 Å². The third-order valence-electron chi connectivity index (χ3n) is 2.71. The summed E-state index contributed by atoms with van der Waals surface area (Å²) in [5.41, 5.74) is 0. The number of rotatable bonds is 2. The third kappa shape index (κ3) is 3.41. The Morgan fingerprint density at radius 1 is 1.12 bits per heavy atom. The standard InChI is InChI=1S/C12H16N4O/c17-11-2-1-6-15-7-9-16(10-8-15)12-13-4-3-5-14-12/h3-5,17H,6-11H2. The fourth-order valence-electron chi connectivity index (χ4n) is 1.78. The fraction of sp³-hybridized carbons (Fsp3) is 0.500. The van der Waals surface area contributed by atoms with Crippen LogP contribution in [0.3, 0.4) is 0 Å². The van der Waals surface area contributed by atoms with Gasteiger partial charge in [0.1, 0.15) is 6.61 Å². The Kier molecular flexibility index (Phi) is 4.30. The topological polar surface area (TPSA) is 52.5 Å². The van der Waals surface area contributed by atoms with Gasteiger partial charge < -0.3 is 10.0 Å². The molecular formula is C12H16N4O. The van der Waals surface area contributed by atoms with Crippen molar-refractivity contribution in [2.75, 3.05) is 44.2 Å². The van der Waals surface area contributed by atoms with E-state index in [1.54, 1.807) is 12.4 Å². The van der Waals surface area contributed by atoms with Crippen LogP contribution < -0.4 is 4.90 Å². The molecule has 1 saturated heterocycles. The molecule has 0 aromatic carbocycles. The fourth-order valence-corrected chi connectivity index (χ4v) is 1.78. The molecule has 0 aliphatic carbocycles. The summed E-state index contributed by atoms with van der Waals surface area (Å²) < 4.78 is 0. The number of hydrogen-bond acceptors (Lipinski definition) is 5. The minimum Gasteiger partial charge on any atom is -0.384 e. The summed E-state index contributed by atoms with van der Waals surface area (Å²) in [5, 5.41) is 8.57. The third-order valence-corrected chi connectivity index (χ3v) is 2.71. The van der Waals surface area contributed by atoms with Gasteiger partial charge in [0.15, 0.2) is 0 Å². The van der Waals surface area contributed by atoms with E-state index in [1.165, 1.54) is 0 Å². The number of nitrogens with zero attached hydrogens (tertiary/aromatic N) is 4. The maximum Gasteiger partial charge on any atom is 0.225 e. The molecule has 1 aliphatic heterocycles. The minimum absolute atomic E-state index is 0.0577. The van der Waals surface area contributed by atoms with Crippen LogP contribution in [0.2, 0.25) is 0 Å². The second-order valence-corrected chi connectivity index (χ2v) is 3.82. The lowest BCUT2D eigenvalue weighted by molar-refractivity contribution is 0.286. The summed E-state index contributed by atoms with van der Waals surface area (Å²) >= 11 is 0. The second kappa shape index (κ2) is 6.18. The van der Waals surface area contributed by atoms with E-state index >= 15 is 0 Å². The Balaban J connectivity index is 1.82. The molecule has 0 amide bonds. The Hall–Kier alpha value is -1.64. The van der Waals surface area contributed by atoms with E-state index in [-0.39, 0.29) is 6.61 Å². The molecule has 1 N–H and O–H groups in total. The summed E-state index contributed by atoms with van der Waals surface area (Å²) in [6, 6.07) is 1.82. The van der Waals surface area contributed by atoms with Crippen molar-refractivity contribution in [3.63, 3.8) is 0 Å². The molecule has 1 aromatic rings. The lowest BCUT2D eigenvalue weighted by Gasteiger charge is -2.33. The first kappa shape index (κ1) is 11.8. The molecule has 17 heavy (non-hydrogen) atoms. The second-order valence-electron chi connectivity index (χ2n) is 3.82. The number of hydrogen-bond donors (Lipinski definition) is 1. The average molecular weight is 232 g/mol. The lowest BCUT2D eigenvalue weighted by atomic mass is 10.3. The van der Waals surface area contributed by atoms with Gasteiger partial charge in [0.05, 0.1) is 6.54 Å². The minimum atomic E-state index is -0.0577. The zero-order valence-corrected chi connectivity index (χ0v) is 9.71. The molecular weight excluding hydrogens is 216 g/mol. The van der Waals surface area contributed by atoms with Gasteiger partial charge in [0.25, 0.3) is 0 Å². The van der Waals surface area contributed by atoms with E-state index < -0.39 is 0 Å². The van der Waals surface area contributed by atoms with Gasteiger partial charge in [-0.15, -0.1) is 0 Å². The van der Waals surface area contributed by atoms with Crippen LogP contribution in [0.4, 0.5) is 5.95 Å². The molecule has 5 nitrogen and oxygen atoms in total. The average Bonchev–Trinajstić information content (AvgIpc) is 2.41. The predicted octanol–water partition coefficient (Wildman–Crippen LogP) is -0.406. The molecule has 90 valence electrons. The van der Waals surface area contributed by atoms with E-state index in [2.05, 4.69) is 31.6 Å². The monoisotopic (exact) mass is 232 g/mol. The molecule has 2 heterocycles. The smallest absolute Gasteiger partial charge is 0.225 e. The molecule has 1 fully saturated rings. The van der Waals surface area contributed by atoms with E-state index in [9.17, 15) is 0 Å². The molecule has 1 aliphatic rings. The van der Waals surface area contributed by atoms with Crippen molar-refractivity contribution in [3.8, 4) is 11.8 Å². The number of aromatic nitrogens is 2. The number of aliphatic hydroxyl groups excluding tert-OH is 1. The van der Waals surface area contributed by atoms with Crippen LogP contribution in [-0.2, 0) is 0 Å². The maximum atomic E-state index is 8.57. The quantitative estimate of drug-likeness (QED) is 0.703. The van der Waals surface area contributed by atoms with Gasteiger partial charge in [-0.1, -0.05) is 11.8 Å². The van der Waals surface area contributed by atoms with Gasteiger partial charge in [-0.2, -0.15) is 0 Å². The Bertz CT molecular complexity index is 390. The van der Waals surface area contributed by atoms with Crippen LogP contribution in [0.5, 0.6) is 0 Å². The Morgan fingerprint density at radius 2 is 1.82 bits per heavy atom. The van der Waals surface area contributed by atoms with Crippen LogP contribution >= 0.6 is 0 Å². The van der Waals surface area contributed by atoms with Crippen LogP contribution in [-0.4, -0.2) is 59.3 Å². The van der Waals surface area contributed by atoms with E-state index in [4.69, 9.17) is 5.11 Å². The zero-order valence-electron chi connectivity index (χ0n) is 9.71. The molecule has 0 spiro atoms. The van der Waals surface area contributed by atoms with Gasteiger partial charge in [0, 0.05) is 38.6 Å². The van der Waals surface area contributed by atoms with Crippen LogP contribution in [0.25, 0.3) is 0 Å². The van der Waals surface area contributed by atoms with Crippen LogP contribution in [0.15, 0.2) is 18.5 Å². The summed E-state index contributed by atoms with van der Waals surface area (Å²) in [4.78, 5) is 12.9. The van der Waals surface area contributed by atoms with Crippen molar-refractivity contribution in [2.45, 2.75) is 0 Å². The summed E-state index contributed by atoms with van der Waals surface area (Å²) in [6.07, 6.45) is 3.53. The van der Waals surface area contributed by atoms with Crippen molar-refractivity contribution < 1.29 is 5.11 Å². The van der Waals surface area contributed by atoms with E-state index in [0.717, 1.165) is 38.7 Å². The van der Waals surface area contributed by atoms with Gasteiger partial charge in [-0.25, -0.2) is 9.97 Å². The maximum absolute atomic E-state index is 8.57.